The Morgan fingerprint density at radius 3 is 1.33 bits per heavy atom. The fourth-order valence-corrected chi connectivity index (χ4v) is 3.62. The number of carbonyl (C=O) groups excluding carboxylic acids is 3. The third kappa shape index (κ3) is 3.84. The van der Waals surface area contributed by atoms with Crippen LogP contribution < -0.4 is 16.0 Å². The molecule has 6 heteroatoms. The molecular formula is C21H27N3O3. The summed E-state index contributed by atoms with van der Waals surface area (Å²) in [5.41, 5.74) is 0.790. The van der Waals surface area contributed by atoms with Gasteiger partial charge in [0.2, 0.25) is 0 Å². The third-order valence-electron chi connectivity index (χ3n) is 6.10. The van der Waals surface area contributed by atoms with E-state index in [1.165, 1.54) is 0 Å². The van der Waals surface area contributed by atoms with E-state index in [1.807, 2.05) is 0 Å². The molecule has 3 N–H and O–H groups in total. The van der Waals surface area contributed by atoms with Gasteiger partial charge in [0.05, 0.1) is 16.7 Å². The molecule has 3 amide bonds. The van der Waals surface area contributed by atoms with Crippen molar-refractivity contribution in [3.8, 4) is 0 Å². The molecule has 0 spiro atoms. The molecule has 1 aromatic carbocycles. The van der Waals surface area contributed by atoms with Crippen molar-refractivity contribution in [2.45, 2.75) is 75.9 Å². The maximum Gasteiger partial charge on any atom is 0.253 e. The van der Waals surface area contributed by atoms with E-state index in [1.54, 1.807) is 18.2 Å². The molecule has 0 unspecified atom stereocenters. The number of amides is 3. The summed E-state index contributed by atoms with van der Waals surface area (Å²) in [6, 6.07) is 5.46. The lowest BCUT2D eigenvalue weighted by atomic mass is 9.90. The summed E-state index contributed by atoms with van der Waals surface area (Å²) in [6.45, 7) is 0. The van der Waals surface area contributed by atoms with E-state index < -0.39 is 0 Å². The minimum absolute atomic E-state index is 0.141. The van der Waals surface area contributed by atoms with Gasteiger partial charge >= 0.3 is 0 Å². The summed E-state index contributed by atoms with van der Waals surface area (Å²) < 4.78 is 0. The Labute approximate surface area is 159 Å². The van der Waals surface area contributed by atoms with E-state index in [4.69, 9.17) is 0 Å². The summed E-state index contributed by atoms with van der Waals surface area (Å²) in [5.74, 6) is -0.855. The largest absolute Gasteiger partial charge is 0.349 e. The molecule has 0 bridgehead atoms. The summed E-state index contributed by atoms with van der Waals surface area (Å²) in [6.07, 6.45) is 9.11. The first-order chi connectivity index (χ1) is 13.1. The van der Waals surface area contributed by atoms with Crippen LogP contribution >= 0.6 is 0 Å². The predicted octanol–water partition coefficient (Wildman–Crippen LogP) is 2.53. The number of nitrogens with one attached hydrogen (secondary N) is 3. The van der Waals surface area contributed by atoms with E-state index >= 15 is 0 Å². The molecule has 0 aromatic heterocycles. The molecule has 3 aliphatic rings. The van der Waals surface area contributed by atoms with Crippen LogP contribution in [0.25, 0.3) is 0 Å². The first-order valence-electron chi connectivity index (χ1n) is 10.2. The molecule has 6 nitrogen and oxygen atoms in total. The Morgan fingerprint density at radius 1 is 0.630 bits per heavy atom. The van der Waals surface area contributed by atoms with Gasteiger partial charge in [-0.25, -0.2) is 0 Å². The zero-order valence-corrected chi connectivity index (χ0v) is 15.6. The van der Waals surface area contributed by atoms with E-state index in [2.05, 4.69) is 16.0 Å². The second kappa shape index (κ2) is 7.71. The zero-order valence-electron chi connectivity index (χ0n) is 15.6. The van der Waals surface area contributed by atoms with Crippen LogP contribution in [0.15, 0.2) is 18.2 Å². The van der Waals surface area contributed by atoms with Gasteiger partial charge in [-0.05, 0) is 69.9 Å². The summed E-state index contributed by atoms with van der Waals surface area (Å²) in [5, 5.41) is 8.96. The van der Waals surface area contributed by atoms with Gasteiger partial charge in [0.15, 0.2) is 0 Å². The molecular weight excluding hydrogens is 342 g/mol. The molecule has 144 valence electrons. The van der Waals surface area contributed by atoms with Crippen LogP contribution in [-0.2, 0) is 0 Å². The van der Waals surface area contributed by atoms with Crippen LogP contribution in [0.4, 0.5) is 0 Å². The predicted molar refractivity (Wildman–Crippen MR) is 102 cm³/mol. The smallest absolute Gasteiger partial charge is 0.253 e. The molecule has 0 aliphatic heterocycles. The van der Waals surface area contributed by atoms with Crippen LogP contribution in [0.1, 0.15) is 88.9 Å². The Bertz CT molecular complexity index is 703. The standard InChI is InChI=1S/C21H27N3O3/c25-19(22-13-5-1-6-13)16-11-4-12-17(20(26)23-14-7-2-8-14)18(16)21(27)24-15-9-3-10-15/h4,11-15H,1-3,5-10H2,(H,22,25)(H,23,26)(H,24,27). The van der Waals surface area contributed by atoms with Gasteiger partial charge in [-0.1, -0.05) is 6.07 Å². The molecule has 0 saturated heterocycles. The molecule has 1 aromatic rings. The Morgan fingerprint density at radius 2 is 1.00 bits per heavy atom. The van der Waals surface area contributed by atoms with Gasteiger partial charge < -0.3 is 16.0 Å². The van der Waals surface area contributed by atoms with Gasteiger partial charge in [-0.3, -0.25) is 14.4 Å². The number of hydrogen-bond donors (Lipinski definition) is 3. The maximum absolute atomic E-state index is 13.0. The quantitative estimate of drug-likeness (QED) is 0.720. The van der Waals surface area contributed by atoms with Crippen molar-refractivity contribution in [2.24, 2.45) is 0 Å². The van der Waals surface area contributed by atoms with Crippen LogP contribution in [0.3, 0.4) is 0 Å². The number of hydrogen-bond acceptors (Lipinski definition) is 3. The number of benzene rings is 1. The normalized spacial score (nSPS) is 20.0. The summed E-state index contributed by atoms with van der Waals surface area (Å²) >= 11 is 0. The highest BCUT2D eigenvalue weighted by atomic mass is 16.2. The van der Waals surface area contributed by atoms with Crippen LogP contribution in [0.5, 0.6) is 0 Å². The molecule has 0 radical (unpaired) electrons. The molecule has 0 atom stereocenters. The minimum Gasteiger partial charge on any atom is -0.349 e. The fourth-order valence-electron chi connectivity index (χ4n) is 3.62. The van der Waals surface area contributed by atoms with Crippen molar-refractivity contribution in [3.05, 3.63) is 34.9 Å². The van der Waals surface area contributed by atoms with Gasteiger partial charge in [0.1, 0.15) is 0 Å². The average Bonchev–Trinajstić information content (AvgIpc) is 2.56. The molecule has 3 fully saturated rings. The highest BCUT2D eigenvalue weighted by molar-refractivity contribution is 6.14. The zero-order chi connectivity index (χ0) is 18.8. The van der Waals surface area contributed by atoms with Crippen molar-refractivity contribution >= 4 is 17.7 Å². The minimum atomic E-state index is -0.321. The monoisotopic (exact) mass is 369 g/mol. The van der Waals surface area contributed by atoms with Crippen LogP contribution in [0.2, 0.25) is 0 Å². The van der Waals surface area contributed by atoms with E-state index in [0.717, 1.165) is 57.8 Å². The Balaban J connectivity index is 1.61. The SMILES string of the molecule is O=C(NC1CCC1)c1cccc(C(=O)NC2CCC2)c1C(=O)NC1CCC1. The maximum atomic E-state index is 13.0. The van der Waals surface area contributed by atoms with Gasteiger partial charge in [-0.15, -0.1) is 0 Å². The van der Waals surface area contributed by atoms with Crippen molar-refractivity contribution in [1.29, 1.82) is 0 Å². The first-order valence-corrected chi connectivity index (χ1v) is 10.2. The Hall–Kier alpha value is -2.37. The highest BCUT2D eigenvalue weighted by Crippen LogP contribution is 2.24. The molecule has 4 rings (SSSR count). The lowest BCUT2D eigenvalue weighted by Crippen LogP contribution is -2.44. The lowest BCUT2D eigenvalue weighted by molar-refractivity contribution is 0.0867. The van der Waals surface area contributed by atoms with Crippen LogP contribution in [0, 0.1) is 0 Å². The topological polar surface area (TPSA) is 87.3 Å². The Kier molecular flexibility index (Phi) is 5.14. The fraction of sp³-hybridized carbons (Fsp3) is 0.571. The number of rotatable bonds is 6. The lowest BCUT2D eigenvalue weighted by Gasteiger charge is -2.29. The highest BCUT2D eigenvalue weighted by Gasteiger charge is 2.30. The average molecular weight is 369 g/mol. The molecule has 3 saturated carbocycles. The van der Waals surface area contributed by atoms with E-state index in [0.29, 0.717) is 11.1 Å². The van der Waals surface area contributed by atoms with Gasteiger partial charge in [0.25, 0.3) is 17.7 Å². The van der Waals surface area contributed by atoms with Crippen molar-refractivity contribution in [3.63, 3.8) is 0 Å². The van der Waals surface area contributed by atoms with Crippen molar-refractivity contribution in [1.82, 2.24) is 16.0 Å². The molecule has 3 aliphatic carbocycles. The first kappa shape index (κ1) is 18.0. The van der Waals surface area contributed by atoms with E-state index in [9.17, 15) is 14.4 Å². The number of carbonyl (C=O) groups is 3. The van der Waals surface area contributed by atoms with Crippen LogP contribution in [-0.4, -0.2) is 35.8 Å². The van der Waals surface area contributed by atoms with Gasteiger partial charge in [-0.2, -0.15) is 0 Å². The van der Waals surface area contributed by atoms with Gasteiger partial charge in [0, 0.05) is 18.1 Å². The second-order valence-corrected chi connectivity index (χ2v) is 8.03. The molecule has 27 heavy (non-hydrogen) atoms. The third-order valence-corrected chi connectivity index (χ3v) is 6.10. The summed E-state index contributed by atoms with van der Waals surface area (Å²) in [7, 11) is 0. The van der Waals surface area contributed by atoms with E-state index in [-0.39, 0.29) is 41.4 Å². The van der Waals surface area contributed by atoms with Crippen molar-refractivity contribution < 1.29 is 14.4 Å². The molecule has 0 heterocycles. The van der Waals surface area contributed by atoms with Crippen molar-refractivity contribution in [2.75, 3.05) is 0 Å². The summed E-state index contributed by atoms with van der Waals surface area (Å²) in [4.78, 5) is 38.5. The second-order valence-electron chi connectivity index (χ2n) is 8.03.